The maximum absolute atomic E-state index is 12.4. The van der Waals surface area contributed by atoms with Gasteiger partial charge in [0.2, 0.25) is 5.91 Å². The van der Waals surface area contributed by atoms with E-state index in [9.17, 15) is 4.79 Å². The van der Waals surface area contributed by atoms with E-state index >= 15 is 0 Å². The molecule has 1 heterocycles. The first-order valence-electron chi connectivity index (χ1n) is 7.02. The Morgan fingerprint density at radius 2 is 1.95 bits per heavy atom. The third-order valence-electron chi connectivity index (χ3n) is 3.26. The molecular weight excluding hydrogens is 264 g/mol. The molecule has 2 rings (SSSR count). The highest BCUT2D eigenvalue weighted by Crippen LogP contribution is 2.20. The Kier molecular flexibility index (Phi) is 5.91. The topological polar surface area (TPSA) is 51.2 Å². The number of nitrogens with one attached hydrogen (secondary N) is 1. The van der Waals surface area contributed by atoms with Crippen molar-refractivity contribution in [1.29, 1.82) is 0 Å². The molecule has 1 amide bonds. The Labute approximate surface area is 125 Å². The van der Waals surface area contributed by atoms with E-state index in [4.69, 9.17) is 4.74 Å². The number of ether oxygens (including phenoxy) is 1. The highest BCUT2D eigenvalue weighted by molar-refractivity contribution is 5.83. The van der Waals surface area contributed by atoms with Crippen molar-refractivity contribution in [3.05, 3.63) is 66.0 Å². The van der Waals surface area contributed by atoms with Gasteiger partial charge in [0.25, 0.3) is 0 Å². The van der Waals surface area contributed by atoms with Gasteiger partial charge in [0, 0.05) is 32.0 Å². The standard InChI is InChI=1S/C17H20N2O2/c1-21-12-11-19-17(20)16(14-7-3-2-4-8-14)13-15-9-5-6-10-18-15/h2-10,16H,11-13H2,1H3,(H,19,20). The van der Waals surface area contributed by atoms with Crippen LogP contribution < -0.4 is 5.32 Å². The molecule has 2 aromatic rings. The summed E-state index contributed by atoms with van der Waals surface area (Å²) in [7, 11) is 1.62. The van der Waals surface area contributed by atoms with Gasteiger partial charge in [-0.2, -0.15) is 0 Å². The van der Waals surface area contributed by atoms with Crippen LogP contribution in [0.15, 0.2) is 54.7 Å². The van der Waals surface area contributed by atoms with Crippen molar-refractivity contribution in [3.8, 4) is 0 Å². The average Bonchev–Trinajstić information content (AvgIpc) is 2.54. The van der Waals surface area contributed by atoms with E-state index in [2.05, 4.69) is 10.3 Å². The summed E-state index contributed by atoms with van der Waals surface area (Å²) in [5.74, 6) is -0.234. The molecule has 0 aliphatic carbocycles. The minimum absolute atomic E-state index is 0.00361. The lowest BCUT2D eigenvalue weighted by atomic mass is 9.93. The number of pyridine rings is 1. The van der Waals surface area contributed by atoms with E-state index in [1.165, 1.54) is 0 Å². The first kappa shape index (κ1) is 15.2. The fourth-order valence-corrected chi connectivity index (χ4v) is 2.17. The Balaban J connectivity index is 2.12. The summed E-state index contributed by atoms with van der Waals surface area (Å²) < 4.78 is 4.97. The molecular formula is C17H20N2O2. The number of aromatic nitrogens is 1. The number of nitrogens with zero attached hydrogens (tertiary/aromatic N) is 1. The molecule has 0 saturated heterocycles. The molecule has 1 aromatic carbocycles. The van der Waals surface area contributed by atoms with Crippen LogP contribution in [0.2, 0.25) is 0 Å². The van der Waals surface area contributed by atoms with Crippen LogP contribution in [0.4, 0.5) is 0 Å². The molecule has 1 atom stereocenters. The predicted octanol–water partition coefficient (Wildman–Crippen LogP) is 2.17. The maximum atomic E-state index is 12.4. The molecule has 110 valence electrons. The zero-order valence-corrected chi connectivity index (χ0v) is 12.2. The molecule has 0 aliphatic heterocycles. The second-order valence-electron chi connectivity index (χ2n) is 4.77. The minimum atomic E-state index is -0.238. The van der Waals surface area contributed by atoms with Gasteiger partial charge in [0.05, 0.1) is 12.5 Å². The molecule has 21 heavy (non-hydrogen) atoms. The Bertz CT molecular complexity index is 543. The lowest BCUT2D eigenvalue weighted by molar-refractivity contribution is -0.122. The highest BCUT2D eigenvalue weighted by Gasteiger charge is 2.21. The molecule has 4 nitrogen and oxygen atoms in total. The SMILES string of the molecule is COCCNC(=O)C(Cc1ccccn1)c1ccccc1. The number of methoxy groups -OCH3 is 1. The number of rotatable bonds is 7. The van der Waals surface area contributed by atoms with Crippen molar-refractivity contribution in [2.75, 3.05) is 20.3 Å². The Morgan fingerprint density at radius 1 is 1.19 bits per heavy atom. The third kappa shape index (κ3) is 4.68. The molecule has 0 spiro atoms. The fraction of sp³-hybridized carbons (Fsp3) is 0.294. The smallest absolute Gasteiger partial charge is 0.228 e. The number of carbonyl (C=O) groups excluding carboxylic acids is 1. The van der Waals surface area contributed by atoms with Crippen LogP contribution in [0.3, 0.4) is 0 Å². The second kappa shape index (κ2) is 8.17. The maximum Gasteiger partial charge on any atom is 0.228 e. The fourth-order valence-electron chi connectivity index (χ4n) is 2.17. The number of carbonyl (C=O) groups is 1. The number of hydrogen-bond acceptors (Lipinski definition) is 3. The average molecular weight is 284 g/mol. The van der Waals surface area contributed by atoms with Gasteiger partial charge in [0.15, 0.2) is 0 Å². The van der Waals surface area contributed by atoms with Gasteiger partial charge in [-0.3, -0.25) is 9.78 Å². The van der Waals surface area contributed by atoms with Crippen LogP contribution in [0.5, 0.6) is 0 Å². The molecule has 1 aromatic heterocycles. The number of amides is 1. The Hall–Kier alpha value is -2.20. The predicted molar refractivity (Wildman–Crippen MR) is 82.0 cm³/mol. The largest absolute Gasteiger partial charge is 0.383 e. The first-order chi connectivity index (χ1) is 10.3. The zero-order valence-electron chi connectivity index (χ0n) is 12.2. The quantitative estimate of drug-likeness (QED) is 0.793. The summed E-state index contributed by atoms with van der Waals surface area (Å²) >= 11 is 0. The monoisotopic (exact) mass is 284 g/mol. The van der Waals surface area contributed by atoms with Crippen LogP contribution in [0.1, 0.15) is 17.2 Å². The van der Waals surface area contributed by atoms with E-state index in [1.807, 2.05) is 48.5 Å². The van der Waals surface area contributed by atoms with Gasteiger partial charge >= 0.3 is 0 Å². The summed E-state index contributed by atoms with van der Waals surface area (Å²) in [6, 6.07) is 15.6. The van der Waals surface area contributed by atoms with Crippen molar-refractivity contribution in [3.63, 3.8) is 0 Å². The lowest BCUT2D eigenvalue weighted by Gasteiger charge is -2.17. The van der Waals surface area contributed by atoms with Gasteiger partial charge in [-0.25, -0.2) is 0 Å². The van der Waals surface area contributed by atoms with Gasteiger partial charge in [0.1, 0.15) is 0 Å². The molecule has 0 bridgehead atoms. The van der Waals surface area contributed by atoms with E-state index in [-0.39, 0.29) is 11.8 Å². The van der Waals surface area contributed by atoms with Crippen LogP contribution in [0, 0.1) is 0 Å². The van der Waals surface area contributed by atoms with Gasteiger partial charge in [-0.15, -0.1) is 0 Å². The summed E-state index contributed by atoms with van der Waals surface area (Å²) in [5, 5.41) is 2.91. The summed E-state index contributed by atoms with van der Waals surface area (Å²) in [6.07, 6.45) is 2.34. The second-order valence-corrected chi connectivity index (χ2v) is 4.77. The molecule has 4 heteroatoms. The van der Waals surface area contributed by atoms with E-state index in [0.29, 0.717) is 19.6 Å². The van der Waals surface area contributed by atoms with E-state index < -0.39 is 0 Å². The first-order valence-corrected chi connectivity index (χ1v) is 7.02. The van der Waals surface area contributed by atoms with E-state index in [1.54, 1.807) is 13.3 Å². The van der Waals surface area contributed by atoms with Gasteiger partial charge in [-0.05, 0) is 17.7 Å². The third-order valence-corrected chi connectivity index (χ3v) is 3.26. The summed E-state index contributed by atoms with van der Waals surface area (Å²) in [5.41, 5.74) is 1.91. The lowest BCUT2D eigenvalue weighted by Crippen LogP contribution is -2.33. The van der Waals surface area contributed by atoms with E-state index in [0.717, 1.165) is 11.3 Å². The van der Waals surface area contributed by atoms with Crippen LogP contribution in [0.25, 0.3) is 0 Å². The van der Waals surface area contributed by atoms with Crippen LogP contribution >= 0.6 is 0 Å². The van der Waals surface area contributed by atoms with Crippen molar-refractivity contribution in [2.24, 2.45) is 0 Å². The van der Waals surface area contributed by atoms with Gasteiger partial charge < -0.3 is 10.1 Å². The molecule has 0 radical (unpaired) electrons. The summed E-state index contributed by atoms with van der Waals surface area (Å²) in [4.78, 5) is 16.7. The molecule has 1 N–H and O–H groups in total. The van der Waals surface area contributed by atoms with Gasteiger partial charge in [-0.1, -0.05) is 36.4 Å². The highest BCUT2D eigenvalue weighted by atomic mass is 16.5. The molecule has 0 saturated carbocycles. The molecule has 0 aliphatic rings. The number of benzene rings is 1. The van der Waals surface area contributed by atoms with Crippen molar-refractivity contribution < 1.29 is 9.53 Å². The van der Waals surface area contributed by atoms with Crippen LogP contribution in [-0.2, 0) is 16.0 Å². The van der Waals surface area contributed by atoms with Crippen molar-refractivity contribution >= 4 is 5.91 Å². The normalized spacial score (nSPS) is 11.9. The van der Waals surface area contributed by atoms with Crippen molar-refractivity contribution in [2.45, 2.75) is 12.3 Å². The van der Waals surface area contributed by atoms with Crippen molar-refractivity contribution in [1.82, 2.24) is 10.3 Å². The zero-order chi connectivity index (χ0) is 14.9. The number of hydrogen-bond donors (Lipinski definition) is 1. The van der Waals surface area contributed by atoms with Crippen LogP contribution in [-0.4, -0.2) is 31.2 Å². The Morgan fingerprint density at radius 3 is 2.62 bits per heavy atom. The molecule has 0 fully saturated rings. The molecule has 1 unspecified atom stereocenters. The summed E-state index contributed by atoms with van der Waals surface area (Å²) in [6.45, 7) is 1.03. The minimum Gasteiger partial charge on any atom is -0.383 e.